The summed E-state index contributed by atoms with van der Waals surface area (Å²) in [7, 11) is 1.78. The van der Waals surface area contributed by atoms with Crippen LogP contribution in [-0.4, -0.2) is 13.7 Å². The Labute approximate surface area is 137 Å². The third-order valence-corrected chi connectivity index (χ3v) is 5.34. The van der Waals surface area contributed by atoms with E-state index in [9.17, 15) is 0 Å². The topological polar surface area (TPSA) is 9.23 Å². The predicted molar refractivity (Wildman–Crippen MR) is 95.5 cm³/mol. The molecule has 1 atom stereocenters. The van der Waals surface area contributed by atoms with Crippen LogP contribution in [0.25, 0.3) is 0 Å². The summed E-state index contributed by atoms with van der Waals surface area (Å²) in [5.74, 6) is 1.74. The normalized spacial score (nSPS) is 17.5. The smallest absolute Gasteiger partial charge is 0.0465 e. The number of hydrogen-bond acceptors (Lipinski definition) is 1. The first-order valence-electron chi connectivity index (χ1n) is 9.37. The molecule has 1 aliphatic carbocycles. The van der Waals surface area contributed by atoms with E-state index in [-0.39, 0.29) is 0 Å². The summed E-state index contributed by atoms with van der Waals surface area (Å²) >= 11 is 0. The van der Waals surface area contributed by atoms with E-state index < -0.39 is 0 Å². The van der Waals surface area contributed by atoms with Crippen LogP contribution in [-0.2, 0) is 11.2 Å². The Morgan fingerprint density at radius 3 is 2.45 bits per heavy atom. The molecule has 1 aromatic rings. The summed E-state index contributed by atoms with van der Waals surface area (Å²) < 4.78 is 5.12. The van der Waals surface area contributed by atoms with Gasteiger partial charge in [0.1, 0.15) is 0 Å². The van der Waals surface area contributed by atoms with Crippen LogP contribution in [0.5, 0.6) is 0 Å². The fourth-order valence-corrected chi connectivity index (χ4v) is 3.79. The first kappa shape index (κ1) is 17.5. The van der Waals surface area contributed by atoms with Gasteiger partial charge >= 0.3 is 0 Å². The van der Waals surface area contributed by atoms with Gasteiger partial charge < -0.3 is 4.74 Å². The Hall–Kier alpha value is -0.820. The SMILES string of the molecule is COCCCc1ccc(C(C)CCCC2CCCCC2)cc1. The van der Waals surface area contributed by atoms with Gasteiger partial charge in [-0.25, -0.2) is 0 Å². The van der Waals surface area contributed by atoms with Gasteiger partial charge in [0, 0.05) is 13.7 Å². The maximum absolute atomic E-state index is 5.12. The molecule has 0 heterocycles. The minimum Gasteiger partial charge on any atom is -0.385 e. The molecule has 0 radical (unpaired) electrons. The zero-order valence-electron chi connectivity index (χ0n) is 14.7. The monoisotopic (exact) mass is 302 g/mol. The molecule has 0 aliphatic heterocycles. The fraction of sp³-hybridized carbons (Fsp3) is 0.714. The van der Waals surface area contributed by atoms with E-state index in [1.165, 1.54) is 62.5 Å². The van der Waals surface area contributed by atoms with E-state index in [1.807, 2.05) is 0 Å². The summed E-state index contributed by atoms with van der Waals surface area (Å²) in [6, 6.07) is 9.30. The maximum Gasteiger partial charge on any atom is 0.0465 e. The summed E-state index contributed by atoms with van der Waals surface area (Å²) in [5, 5.41) is 0. The molecule has 0 saturated heterocycles. The van der Waals surface area contributed by atoms with Gasteiger partial charge in [0.15, 0.2) is 0 Å². The number of ether oxygens (including phenoxy) is 1. The molecule has 1 nitrogen and oxygen atoms in total. The van der Waals surface area contributed by atoms with Gasteiger partial charge in [-0.2, -0.15) is 0 Å². The Morgan fingerprint density at radius 2 is 1.77 bits per heavy atom. The third kappa shape index (κ3) is 6.12. The fourth-order valence-electron chi connectivity index (χ4n) is 3.79. The molecule has 22 heavy (non-hydrogen) atoms. The Balaban J connectivity index is 1.68. The molecule has 124 valence electrons. The van der Waals surface area contributed by atoms with Crippen molar-refractivity contribution in [1.82, 2.24) is 0 Å². The highest BCUT2D eigenvalue weighted by Crippen LogP contribution is 2.30. The van der Waals surface area contributed by atoms with Crippen LogP contribution >= 0.6 is 0 Å². The van der Waals surface area contributed by atoms with Crippen molar-refractivity contribution in [2.45, 2.75) is 77.0 Å². The van der Waals surface area contributed by atoms with E-state index in [2.05, 4.69) is 31.2 Å². The summed E-state index contributed by atoms with van der Waals surface area (Å²) in [5.41, 5.74) is 2.95. The van der Waals surface area contributed by atoms with Crippen molar-refractivity contribution in [2.24, 2.45) is 5.92 Å². The number of aryl methyl sites for hydroxylation is 1. The van der Waals surface area contributed by atoms with Crippen LogP contribution in [0.15, 0.2) is 24.3 Å². The van der Waals surface area contributed by atoms with Gasteiger partial charge in [-0.05, 0) is 42.2 Å². The Morgan fingerprint density at radius 1 is 1.05 bits per heavy atom. The van der Waals surface area contributed by atoms with Gasteiger partial charge in [0.2, 0.25) is 0 Å². The molecule has 1 aromatic carbocycles. The number of rotatable bonds is 9. The van der Waals surface area contributed by atoms with Crippen molar-refractivity contribution in [2.75, 3.05) is 13.7 Å². The van der Waals surface area contributed by atoms with Crippen molar-refractivity contribution in [3.63, 3.8) is 0 Å². The minimum absolute atomic E-state index is 0.705. The maximum atomic E-state index is 5.12. The molecule has 0 amide bonds. The highest BCUT2D eigenvalue weighted by Gasteiger charge is 2.13. The number of hydrogen-bond donors (Lipinski definition) is 0. The molecular weight excluding hydrogens is 268 g/mol. The largest absolute Gasteiger partial charge is 0.385 e. The molecule has 1 fully saturated rings. The zero-order valence-corrected chi connectivity index (χ0v) is 14.7. The van der Waals surface area contributed by atoms with Crippen molar-refractivity contribution >= 4 is 0 Å². The second-order valence-corrected chi connectivity index (χ2v) is 7.17. The molecule has 1 heteroatoms. The summed E-state index contributed by atoms with van der Waals surface area (Å²) in [4.78, 5) is 0. The lowest BCUT2D eigenvalue weighted by Gasteiger charge is -2.22. The van der Waals surface area contributed by atoms with Crippen LogP contribution < -0.4 is 0 Å². The van der Waals surface area contributed by atoms with Gasteiger partial charge in [0.25, 0.3) is 0 Å². The standard InChI is InChI=1S/C21H34O/c1-18(8-6-11-19-9-4-3-5-10-19)21-15-13-20(14-16-21)12-7-17-22-2/h13-16,18-19H,3-12,17H2,1-2H3. The molecule has 2 rings (SSSR count). The first-order valence-corrected chi connectivity index (χ1v) is 9.37. The van der Waals surface area contributed by atoms with Gasteiger partial charge in [0.05, 0.1) is 0 Å². The van der Waals surface area contributed by atoms with E-state index in [1.54, 1.807) is 7.11 Å². The highest BCUT2D eigenvalue weighted by atomic mass is 16.5. The van der Waals surface area contributed by atoms with Crippen LogP contribution in [0.2, 0.25) is 0 Å². The summed E-state index contributed by atoms with van der Waals surface area (Å²) in [6.45, 7) is 3.25. The van der Waals surface area contributed by atoms with Crippen LogP contribution in [0, 0.1) is 5.92 Å². The van der Waals surface area contributed by atoms with Crippen molar-refractivity contribution < 1.29 is 4.74 Å². The molecule has 0 bridgehead atoms. The second kappa shape index (κ2) is 10.0. The summed E-state index contributed by atoms with van der Waals surface area (Å²) in [6.07, 6.45) is 13.9. The number of benzene rings is 1. The predicted octanol–water partition coefficient (Wildman–Crippen LogP) is 6.12. The van der Waals surface area contributed by atoms with Gasteiger partial charge in [-0.3, -0.25) is 0 Å². The van der Waals surface area contributed by atoms with Crippen molar-refractivity contribution in [3.05, 3.63) is 35.4 Å². The van der Waals surface area contributed by atoms with Crippen LogP contribution in [0.1, 0.15) is 81.8 Å². The molecular formula is C21H34O. The van der Waals surface area contributed by atoms with Crippen molar-refractivity contribution in [1.29, 1.82) is 0 Å². The Kier molecular flexibility index (Phi) is 8.01. The number of methoxy groups -OCH3 is 1. The van der Waals surface area contributed by atoms with Gasteiger partial charge in [-0.15, -0.1) is 0 Å². The average molecular weight is 303 g/mol. The van der Waals surface area contributed by atoms with Crippen molar-refractivity contribution in [3.8, 4) is 0 Å². The highest BCUT2D eigenvalue weighted by molar-refractivity contribution is 5.25. The first-order chi connectivity index (χ1) is 10.8. The average Bonchev–Trinajstić information content (AvgIpc) is 2.56. The van der Waals surface area contributed by atoms with E-state index in [0.29, 0.717) is 5.92 Å². The van der Waals surface area contributed by atoms with E-state index in [0.717, 1.165) is 25.4 Å². The molecule has 0 spiro atoms. The lowest BCUT2D eigenvalue weighted by Crippen LogP contribution is -2.06. The van der Waals surface area contributed by atoms with E-state index in [4.69, 9.17) is 4.74 Å². The lowest BCUT2D eigenvalue weighted by molar-refractivity contribution is 0.195. The molecule has 1 saturated carbocycles. The minimum atomic E-state index is 0.705. The van der Waals surface area contributed by atoms with Gasteiger partial charge in [-0.1, -0.05) is 76.1 Å². The molecule has 0 aromatic heterocycles. The molecule has 1 aliphatic rings. The third-order valence-electron chi connectivity index (χ3n) is 5.34. The quantitative estimate of drug-likeness (QED) is 0.499. The second-order valence-electron chi connectivity index (χ2n) is 7.17. The Bertz CT molecular complexity index is 389. The lowest BCUT2D eigenvalue weighted by atomic mass is 9.84. The molecule has 0 N–H and O–H groups in total. The van der Waals surface area contributed by atoms with E-state index >= 15 is 0 Å². The van der Waals surface area contributed by atoms with Crippen LogP contribution in [0.3, 0.4) is 0 Å². The van der Waals surface area contributed by atoms with Crippen LogP contribution in [0.4, 0.5) is 0 Å². The molecule has 1 unspecified atom stereocenters. The zero-order chi connectivity index (χ0) is 15.6.